The Hall–Kier alpha value is -0.390. The number of quaternary nitrogens is 1. The first-order chi connectivity index (χ1) is 4.91. The lowest BCUT2D eigenvalue weighted by Gasteiger charge is -1.90. The quantitative estimate of drug-likeness (QED) is 0.460. The van der Waals surface area contributed by atoms with Crippen LogP contribution in [0.3, 0.4) is 0 Å². The second-order valence-electron chi connectivity index (χ2n) is 1.96. The van der Waals surface area contributed by atoms with Crippen molar-refractivity contribution < 1.29 is 18.3 Å². The van der Waals surface area contributed by atoms with Gasteiger partial charge in [0, 0.05) is 6.26 Å². The highest BCUT2D eigenvalue weighted by Crippen LogP contribution is 1.59. The van der Waals surface area contributed by atoms with Crippen molar-refractivity contribution in [2.75, 3.05) is 12.8 Å². The first-order valence-electron chi connectivity index (χ1n) is 3.27. The second-order valence-corrected chi connectivity index (χ2v) is 3.37. The van der Waals surface area contributed by atoms with E-state index >= 15 is 0 Å². The molecule has 68 valence electrons. The van der Waals surface area contributed by atoms with E-state index < -0.39 is 10.1 Å². The van der Waals surface area contributed by atoms with Crippen molar-refractivity contribution in [3.05, 3.63) is 12.8 Å². The van der Waals surface area contributed by atoms with Gasteiger partial charge >= 0.3 is 0 Å². The first kappa shape index (κ1) is 13.2. The molecule has 0 unspecified atom stereocenters. The molecular weight excluding hydrogens is 166 g/mol. The van der Waals surface area contributed by atoms with E-state index in [0.29, 0.717) is 6.26 Å². The Bertz CT molecular complexity index is 166. The summed E-state index contributed by atoms with van der Waals surface area (Å²) in [7, 11) is -3.92. The molecule has 0 saturated heterocycles. The fourth-order valence-corrected chi connectivity index (χ4v) is 0.285. The molecule has 0 saturated carbocycles. The minimum absolute atomic E-state index is 0.604. The van der Waals surface area contributed by atoms with E-state index in [1.165, 1.54) is 13.0 Å². The van der Waals surface area contributed by atoms with Gasteiger partial charge in [-0.3, -0.25) is 0 Å². The Morgan fingerprint density at radius 3 is 2.09 bits per heavy atom. The van der Waals surface area contributed by atoms with E-state index in [1.54, 1.807) is 0 Å². The normalized spacial score (nSPS) is 9.73. The van der Waals surface area contributed by atoms with Crippen LogP contribution < -0.4 is 5.32 Å². The van der Waals surface area contributed by atoms with Gasteiger partial charge in [-0.2, -0.15) is 0 Å². The Morgan fingerprint density at radius 1 is 1.64 bits per heavy atom. The third-order valence-corrected chi connectivity index (χ3v) is 0.622. The minimum atomic E-state index is -3.92. The Balaban J connectivity index is 0. The van der Waals surface area contributed by atoms with Crippen molar-refractivity contribution in [1.29, 1.82) is 0 Å². The Morgan fingerprint density at radius 2 is 2.00 bits per heavy atom. The predicted molar refractivity (Wildman–Crippen MR) is 42.9 cm³/mol. The lowest BCUT2D eigenvalue weighted by Crippen LogP contribution is -2.77. The van der Waals surface area contributed by atoms with E-state index in [4.69, 9.17) is 13.0 Å². The summed E-state index contributed by atoms with van der Waals surface area (Å²) in [5.41, 5.74) is 0. The predicted octanol–water partition coefficient (Wildman–Crippen LogP) is -0.735. The summed E-state index contributed by atoms with van der Waals surface area (Å²) in [6.07, 6.45) is 3.67. The summed E-state index contributed by atoms with van der Waals surface area (Å²) in [6.45, 7) is 6.87. The molecule has 0 aromatic rings. The smallest absolute Gasteiger partial charge is 0.0916 e. The van der Waals surface area contributed by atoms with Crippen molar-refractivity contribution in [1.82, 2.24) is 0 Å². The summed E-state index contributed by atoms with van der Waals surface area (Å²) in [5, 5.41) is 2.07. The van der Waals surface area contributed by atoms with Crippen LogP contribution in [0.25, 0.3) is 0 Å². The van der Waals surface area contributed by atoms with Crippen LogP contribution in [0.1, 0.15) is 13.3 Å². The van der Waals surface area contributed by atoms with Crippen LogP contribution in [-0.4, -0.2) is 25.8 Å². The average Bonchev–Trinajstić information content (AvgIpc) is 1.79. The SMILES string of the molecule is C=C[NH2+]CCC.CS(=O)(=O)[O-]. The lowest BCUT2D eigenvalue weighted by atomic mass is 10.5. The molecule has 0 fully saturated rings. The van der Waals surface area contributed by atoms with Crippen molar-refractivity contribution in [3.63, 3.8) is 0 Å². The number of hydrogen-bond acceptors (Lipinski definition) is 3. The van der Waals surface area contributed by atoms with Crippen molar-refractivity contribution in [2.45, 2.75) is 13.3 Å². The monoisotopic (exact) mass is 181 g/mol. The molecule has 11 heavy (non-hydrogen) atoms. The third-order valence-electron chi connectivity index (χ3n) is 0.622. The van der Waals surface area contributed by atoms with Crippen LogP contribution in [0.5, 0.6) is 0 Å². The fraction of sp³-hybridized carbons (Fsp3) is 0.667. The molecule has 0 atom stereocenters. The Labute approximate surface area is 68.1 Å². The van der Waals surface area contributed by atoms with E-state index in [1.807, 2.05) is 6.20 Å². The zero-order valence-electron chi connectivity index (χ0n) is 6.91. The summed E-state index contributed by atoms with van der Waals surface area (Å²) >= 11 is 0. The Kier molecular flexibility index (Phi) is 9.27. The van der Waals surface area contributed by atoms with E-state index in [0.717, 1.165) is 0 Å². The highest BCUT2D eigenvalue weighted by Gasteiger charge is 1.72. The van der Waals surface area contributed by atoms with Gasteiger partial charge in [0.15, 0.2) is 0 Å². The first-order valence-corrected chi connectivity index (χ1v) is 5.08. The average molecular weight is 181 g/mol. The van der Waals surface area contributed by atoms with Gasteiger partial charge in [-0.15, -0.1) is 0 Å². The number of nitrogens with two attached hydrogens (primary N) is 1. The number of rotatable bonds is 3. The van der Waals surface area contributed by atoms with Gasteiger partial charge in [-0.05, 0) is 13.0 Å². The highest BCUT2D eigenvalue weighted by atomic mass is 32.2. The van der Waals surface area contributed by atoms with Crippen molar-refractivity contribution in [2.24, 2.45) is 0 Å². The van der Waals surface area contributed by atoms with Crippen molar-refractivity contribution >= 4 is 10.1 Å². The maximum absolute atomic E-state index is 9.08. The van der Waals surface area contributed by atoms with Crippen LogP contribution in [0.4, 0.5) is 0 Å². The minimum Gasteiger partial charge on any atom is -0.748 e. The van der Waals surface area contributed by atoms with Gasteiger partial charge in [0.2, 0.25) is 0 Å². The molecule has 0 bridgehead atoms. The molecule has 0 aromatic heterocycles. The molecule has 0 aliphatic heterocycles. The molecule has 2 N–H and O–H groups in total. The zero-order valence-corrected chi connectivity index (χ0v) is 7.73. The summed E-state index contributed by atoms with van der Waals surface area (Å²) in [6, 6.07) is 0. The van der Waals surface area contributed by atoms with E-state index in [9.17, 15) is 0 Å². The summed E-state index contributed by atoms with van der Waals surface area (Å²) in [5.74, 6) is 0. The molecule has 0 heterocycles. The molecule has 0 spiro atoms. The molecule has 0 radical (unpaired) electrons. The highest BCUT2D eigenvalue weighted by molar-refractivity contribution is 7.84. The standard InChI is InChI=1S/C5H11N.CH4O3S/c1-3-5-6-4-2;1-5(2,3)4/h4,6H,2-3,5H2,1H3;1H3,(H,2,3,4). The lowest BCUT2D eigenvalue weighted by molar-refractivity contribution is -0.587. The van der Waals surface area contributed by atoms with Crippen LogP contribution in [0, 0.1) is 0 Å². The van der Waals surface area contributed by atoms with E-state index in [2.05, 4.69) is 18.8 Å². The van der Waals surface area contributed by atoms with E-state index in [-0.39, 0.29) is 0 Å². The molecule has 0 amide bonds. The zero-order chi connectivity index (χ0) is 9.33. The maximum Gasteiger partial charge on any atom is 0.0916 e. The van der Waals surface area contributed by atoms with Crippen LogP contribution in [-0.2, 0) is 10.1 Å². The van der Waals surface area contributed by atoms with Crippen LogP contribution in [0.2, 0.25) is 0 Å². The molecular formula is C6H15NO3S. The molecule has 0 aliphatic carbocycles. The van der Waals surface area contributed by atoms with Crippen molar-refractivity contribution in [3.8, 4) is 0 Å². The van der Waals surface area contributed by atoms with Gasteiger partial charge in [0.1, 0.15) is 0 Å². The molecule has 0 aromatic carbocycles. The summed E-state index contributed by atoms with van der Waals surface area (Å²) in [4.78, 5) is 0. The molecule has 0 rings (SSSR count). The van der Waals surface area contributed by atoms with Gasteiger partial charge in [0.25, 0.3) is 0 Å². The molecule has 5 heteroatoms. The van der Waals surface area contributed by atoms with Crippen LogP contribution >= 0.6 is 0 Å². The van der Waals surface area contributed by atoms with Gasteiger partial charge in [0.05, 0.1) is 22.9 Å². The maximum atomic E-state index is 9.08. The van der Waals surface area contributed by atoms with Crippen LogP contribution in [0.15, 0.2) is 12.8 Å². The molecule has 4 nitrogen and oxygen atoms in total. The third kappa shape index (κ3) is 81.7. The largest absolute Gasteiger partial charge is 0.748 e. The van der Waals surface area contributed by atoms with Gasteiger partial charge in [-0.25, -0.2) is 8.42 Å². The van der Waals surface area contributed by atoms with Gasteiger partial charge in [-0.1, -0.05) is 6.92 Å². The summed E-state index contributed by atoms with van der Waals surface area (Å²) < 4.78 is 27.2. The molecule has 0 aliphatic rings. The van der Waals surface area contributed by atoms with Gasteiger partial charge < -0.3 is 9.87 Å². The fourth-order valence-electron chi connectivity index (χ4n) is 0.285. The number of hydrogen-bond donors (Lipinski definition) is 1. The topological polar surface area (TPSA) is 73.8 Å². The second kappa shape index (κ2) is 7.71.